The number of fused-ring (bicyclic) bond motifs is 1. The van der Waals surface area contributed by atoms with E-state index < -0.39 is 17.0 Å². The van der Waals surface area contributed by atoms with Crippen molar-refractivity contribution in [1.82, 2.24) is 19.8 Å². The molecule has 3 N–H and O–H groups in total. The van der Waals surface area contributed by atoms with Crippen LogP contribution in [-0.2, 0) is 11.3 Å². The molecule has 0 atom stereocenters. The highest BCUT2D eigenvalue weighted by Gasteiger charge is 2.35. The molecule has 2 fully saturated rings. The number of hydrogen-bond donors (Lipinski definition) is 3. The normalized spacial score (nSPS) is 19.4. The molecule has 1 aliphatic heterocycles. The topological polar surface area (TPSA) is 117 Å². The number of hydrogen-bond acceptors (Lipinski definition) is 7. The zero-order valence-corrected chi connectivity index (χ0v) is 17.7. The average molecular weight is 431 g/mol. The number of nitrogens with one attached hydrogen (secondary N) is 1. The summed E-state index contributed by atoms with van der Waals surface area (Å²) in [5, 5.41) is 24.0. The van der Waals surface area contributed by atoms with Crippen molar-refractivity contribution in [2.45, 2.75) is 44.2 Å². The van der Waals surface area contributed by atoms with E-state index in [1.54, 1.807) is 18.3 Å². The SMILES string of the molecule is O=C(NC1(CO)CCCCC1)c1c(O)c2cccnc2n(CCN2CCOCC2)c1=O. The molecule has 9 heteroatoms. The highest BCUT2D eigenvalue weighted by molar-refractivity contribution is 6.02. The van der Waals surface area contributed by atoms with Crippen LogP contribution in [0.1, 0.15) is 42.5 Å². The number of nitrogens with zero attached hydrogens (tertiary/aromatic N) is 3. The van der Waals surface area contributed by atoms with Gasteiger partial charge in [-0.2, -0.15) is 0 Å². The van der Waals surface area contributed by atoms with E-state index in [0.29, 0.717) is 50.2 Å². The number of rotatable bonds is 6. The summed E-state index contributed by atoms with van der Waals surface area (Å²) in [7, 11) is 0. The van der Waals surface area contributed by atoms with Crippen molar-refractivity contribution in [3.8, 4) is 5.75 Å². The second-order valence-electron chi connectivity index (χ2n) is 8.46. The molecule has 0 unspecified atom stereocenters. The van der Waals surface area contributed by atoms with E-state index >= 15 is 0 Å². The van der Waals surface area contributed by atoms with Crippen LogP contribution in [-0.4, -0.2) is 75.6 Å². The van der Waals surface area contributed by atoms with Crippen LogP contribution < -0.4 is 10.9 Å². The number of aromatic nitrogens is 2. The molecule has 1 saturated heterocycles. The standard InChI is InChI=1S/C22H30N4O5/c27-15-22(6-2-1-3-7-22)24-20(29)17-18(28)16-5-4-8-23-19(16)26(21(17)30)10-9-25-11-13-31-14-12-25/h4-5,8,27-28H,1-3,6-7,9-15H2,(H,24,29). The molecule has 2 aromatic heterocycles. The highest BCUT2D eigenvalue weighted by atomic mass is 16.5. The molecule has 0 radical (unpaired) electrons. The smallest absolute Gasteiger partial charge is 0.268 e. The lowest BCUT2D eigenvalue weighted by molar-refractivity contribution is 0.0364. The predicted molar refractivity (Wildman–Crippen MR) is 115 cm³/mol. The van der Waals surface area contributed by atoms with E-state index in [-0.39, 0.29) is 17.9 Å². The van der Waals surface area contributed by atoms with Crippen molar-refractivity contribution in [3.63, 3.8) is 0 Å². The fourth-order valence-electron chi connectivity index (χ4n) is 4.60. The van der Waals surface area contributed by atoms with Crippen LogP contribution >= 0.6 is 0 Å². The van der Waals surface area contributed by atoms with Gasteiger partial charge in [0, 0.05) is 32.4 Å². The second kappa shape index (κ2) is 9.33. The minimum atomic E-state index is -0.753. The number of aromatic hydroxyl groups is 1. The lowest BCUT2D eigenvalue weighted by Crippen LogP contribution is -2.53. The first-order valence-electron chi connectivity index (χ1n) is 11.0. The maximum atomic E-state index is 13.3. The molecule has 1 aliphatic carbocycles. The molecule has 2 aromatic rings. The summed E-state index contributed by atoms with van der Waals surface area (Å²) in [5.74, 6) is -1.01. The molecule has 0 bridgehead atoms. The second-order valence-corrected chi connectivity index (χ2v) is 8.46. The van der Waals surface area contributed by atoms with E-state index in [0.717, 1.165) is 32.4 Å². The van der Waals surface area contributed by atoms with Gasteiger partial charge in [-0.1, -0.05) is 19.3 Å². The molecule has 1 saturated carbocycles. The Morgan fingerprint density at radius 3 is 2.65 bits per heavy atom. The number of pyridine rings is 2. The van der Waals surface area contributed by atoms with Gasteiger partial charge >= 0.3 is 0 Å². The van der Waals surface area contributed by atoms with Gasteiger partial charge in [-0.15, -0.1) is 0 Å². The maximum Gasteiger partial charge on any atom is 0.268 e. The summed E-state index contributed by atoms with van der Waals surface area (Å²) in [6.07, 6.45) is 5.72. The zero-order chi connectivity index (χ0) is 21.8. The first kappa shape index (κ1) is 21.7. The number of amides is 1. The van der Waals surface area contributed by atoms with Crippen LogP contribution in [0.2, 0.25) is 0 Å². The lowest BCUT2D eigenvalue weighted by Gasteiger charge is -2.36. The third-order valence-corrected chi connectivity index (χ3v) is 6.46. The predicted octanol–water partition coefficient (Wildman–Crippen LogP) is 0.859. The first-order valence-corrected chi connectivity index (χ1v) is 11.0. The Morgan fingerprint density at radius 2 is 1.94 bits per heavy atom. The van der Waals surface area contributed by atoms with Gasteiger partial charge in [0.2, 0.25) is 0 Å². The maximum absolute atomic E-state index is 13.3. The van der Waals surface area contributed by atoms with E-state index in [1.807, 2.05) is 0 Å². The van der Waals surface area contributed by atoms with Gasteiger partial charge in [-0.25, -0.2) is 4.98 Å². The molecule has 2 aliphatic rings. The van der Waals surface area contributed by atoms with Gasteiger partial charge in [-0.05, 0) is 25.0 Å². The van der Waals surface area contributed by atoms with Gasteiger partial charge < -0.3 is 20.3 Å². The summed E-state index contributed by atoms with van der Waals surface area (Å²) in [5.41, 5.74) is -1.26. The third-order valence-electron chi connectivity index (χ3n) is 6.46. The van der Waals surface area contributed by atoms with Crippen LogP contribution in [0.3, 0.4) is 0 Å². The van der Waals surface area contributed by atoms with Crippen molar-refractivity contribution >= 4 is 16.9 Å². The monoisotopic (exact) mass is 430 g/mol. The van der Waals surface area contributed by atoms with Crippen LogP contribution in [0.4, 0.5) is 0 Å². The molecule has 4 rings (SSSR count). The molecule has 3 heterocycles. The molecule has 0 spiro atoms. The van der Waals surface area contributed by atoms with Crippen LogP contribution in [0, 0.1) is 0 Å². The molecule has 31 heavy (non-hydrogen) atoms. The Bertz CT molecular complexity index is 993. The number of morpholine rings is 1. The lowest BCUT2D eigenvalue weighted by atomic mass is 9.82. The number of aliphatic hydroxyl groups is 1. The van der Waals surface area contributed by atoms with Crippen molar-refractivity contribution in [2.75, 3.05) is 39.5 Å². The van der Waals surface area contributed by atoms with E-state index in [2.05, 4.69) is 15.2 Å². The molecular formula is C22H30N4O5. The van der Waals surface area contributed by atoms with Crippen LogP contribution in [0.5, 0.6) is 5.75 Å². The Labute approximate surface area is 180 Å². The average Bonchev–Trinajstić information content (AvgIpc) is 2.80. The van der Waals surface area contributed by atoms with Crippen molar-refractivity contribution < 1.29 is 19.7 Å². The molecular weight excluding hydrogens is 400 g/mol. The minimum Gasteiger partial charge on any atom is -0.506 e. The molecule has 1 amide bonds. The summed E-state index contributed by atoms with van der Waals surface area (Å²) >= 11 is 0. The summed E-state index contributed by atoms with van der Waals surface area (Å²) in [4.78, 5) is 33.0. The summed E-state index contributed by atoms with van der Waals surface area (Å²) in [6.45, 7) is 3.63. The Kier molecular flexibility index (Phi) is 6.54. The van der Waals surface area contributed by atoms with Gasteiger partial charge in [0.05, 0.1) is 30.7 Å². The Morgan fingerprint density at radius 1 is 1.19 bits per heavy atom. The third kappa shape index (κ3) is 4.44. The summed E-state index contributed by atoms with van der Waals surface area (Å²) < 4.78 is 6.84. The Hall–Kier alpha value is -2.49. The van der Waals surface area contributed by atoms with Crippen molar-refractivity contribution in [2.24, 2.45) is 0 Å². The van der Waals surface area contributed by atoms with E-state index in [9.17, 15) is 19.8 Å². The first-order chi connectivity index (χ1) is 15.0. The van der Waals surface area contributed by atoms with E-state index in [4.69, 9.17) is 4.74 Å². The largest absolute Gasteiger partial charge is 0.506 e. The number of aliphatic hydroxyl groups excluding tert-OH is 1. The summed E-state index contributed by atoms with van der Waals surface area (Å²) in [6, 6.07) is 3.32. The van der Waals surface area contributed by atoms with Crippen LogP contribution in [0.15, 0.2) is 23.1 Å². The molecule has 168 valence electrons. The quantitative estimate of drug-likeness (QED) is 0.622. The van der Waals surface area contributed by atoms with Gasteiger partial charge in [0.25, 0.3) is 11.5 Å². The van der Waals surface area contributed by atoms with Gasteiger partial charge in [0.15, 0.2) is 0 Å². The number of carbonyl (C=O) groups excluding carboxylic acids is 1. The Balaban J connectivity index is 1.69. The van der Waals surface area contributed by atoms with Crippen LogP contribution in [0.25, 0.3) is 11.0 Å². The number of ether oxygens (including phenoxy) is 1. The minimum absolute atomic E-state index is 0.195. The van der Waals surface area contributed by atoms with Crippen molar-refractivity contribution in [1.29, 1.82) is 0 Å². The number of carbonyl (C=O) groups is 1. The van der Waals surface area contributed by atoms with Crippen molar-refractivity contribution in [3.05, 3.63) is 34.2 Å². The fourth-order valence-corrected chi connectivity index (χ4v) is 4.60. The van der Waals surface area contributed by atoms with Gasteiger partial charge in [-0.3, -0.25) is 19.1 Å². The molecule has 9 nitrogen and oxygen atoms in total. The van der Waals surface area contributed by atoms with Gasteiger partial charge in [0.1, 0.15) is 17.0 Å². The highest BCUT2D eigenvalue weighted by Crippen LogP contribution is 2.30. The zero-order valence-electron chi connectivity index (χ0n) is 17.7. The molecule has 0 aromatic carbocycles. The van der Waals surface area contributed by atoms with E-state index in [1.165, 1.54) is 4.57 Å². The fraction of sp³-hybridized carbons (Fsp3) is 0.591.